The second-order valence-corrected chi connectivity index (χ2v) is 9.59. The fourth-order valence-electron chi connectivity index (χ4n) is 4.52. The first-order chi connectivity index (χ1) is 18.2. The number of hydrogen-bond acceptors (Lipinski definition) is 4. The van der Waals surface area contributed by atoms with Crippen LogP contribution < -0.4 is 10.0 Å². The number of carbonyl (C=O) groups is 2. The fraction of sp³-hybridized carbons (Fsp3) is 0.321. The molecule has 2 N–H and O–H groups in total. The van der Waals surface area contributed by atoms with Gasteiger partial charge in [-0.1, -0.05) is 36.9 Å². The van der Waals surface area contributed by atoms with Gasteiger partial charge in [0.1, 0.15) is 11.7 Å². The number of nitrogens with one attached hydrogen (secondary N) is 1. The summed E-state index contributed by atoms with van der Waals surface area (Å²) in [6.45, 7) is 1.95. The quantitative estimate of drug-likeness (QED) is 0.177. The average Bonchev–Trinajstić information content (AvgIpc) is 2.86. The van der Waals surface area contributed by atoms with Gasteiger partial charge in [0.2, 0.25) is 17.8 Å². The Kier molecular flexibility index (Phi) is 8.56. The van der Waals surface area contributed by atoms with Crippen LogP contribution in [0.3, 0.4) is 0 Å². The van der Waals surface area contributed by atoms with Gasteiger partial charge in [0.05, 0.1) is 22.8 Å². The second-order valence-electron chi connectivity index (χ2n) is 9.19. The van der Waals surface area contributed by atoms with Gasteiger partial charge in [0, 0.05) is 27.6 Å². The normalized spacial score (nSPS) is 14.2. The zero-order chi connectivity index (χ0) is 27.4. The highest BCUT2D eigenvalue weighted by Gasteiger charge is 2.35. The van der Waals surface area contributed by atoms with E-state index in [1.165, 1.54) is 24.3 Å². The molecule has 1 saturated carbocycles. The summed E-state index contributed by atoms with van der Waals surface area (Å²) in [6, 6.07) is 11.1. The SMILES string of the molecule is CCOC(=O)c1ccc(NC(=O)[C@H](CC2CCC2)c2ccc(-c3c(C(F)F)ccc(Cl)c3F)c[n+]2O)cc1. The lowest BCUT2D eigenvalue weighted by Crippen LogP contribution is -2.40. The third kappa shape index (κ3) is 5.93. The molecule has 3 aromatic rings. The van der Waals surface area contributed by atoms with Crippen molar-refractivity contribution in [1.29, 1.82) is 0 Å². The summed E-state index contributed by atoms with van der Waals surface area (Å²) in [4.78, 5) is 25.2. The topological polar surface area (TPSA) is 79.5 Å². The van der Waals surface area contributed by atoms with Crippen LogP contribution in [0.5, 0.6) is 0 Å². The third-order valence-electron chi connectivity index (χ3n) is 6.74. The molecule has 0 aliphatic heterocycles. The van der Waals surface area contributed by atoms with Crippen molar-refractivity contribution in [3.8, 4) is 11.1 Å². The number of rotatable bonds is 9. The van der Waals surface area contributed by atoms with Crippen LogP contribution in [0.15, 0.2) is 54.7 Å². The molecule has 0 saturated heterocycles. The maximum Gasteiger partial charge on any atom is 0.338 e. The lowest BCUT2D eigenvalue weighted by Gasteiger charge is -2.28. The lowest BCUT2D eigenvalue weighted by molar-refractivity contribution is -0.909. The van der Waals surface area contributed by atoms with Gasteiger partial charge >= 0.3 is 5.97 Å². The Labute approximate surface area is 223 Å². The number of halogens is 4. The predicted molar refractivity (Wildman–Crippen MR) is 135 cm³/mol. The first kappa shape index (κ1) is 27.4. The smallest absolute Gasteiger partial charge is 0.338 e. The van der Waals surface area contributed by atoms with Crippen LogP contribution >= 0.6 is 11.6 Å². The van der Waals surface area contributed by atoms with Crippen molar-refractivity contribution in [1.82, 2.24) is 0 Å². The number of esters is 1. The summed E-state index contributed by atoms with van der Waals surface area (Å²) in [7, 11) is 0. The molecule has 1 fully saturated rings. The Balaban J connectivity index is 1.63. The van der Waals surface area contributed by atoms with E-state index in [1.807, 2.05) is 0 Å². The van der Waals surface area contributed by atoms with Crippen molar-refractivity contribution in [2.45, 2.75) is 45.0 Å². The van der Waals surface area contributed by atoms with Crippen LogP contribution in [0.4, 0.5) is 18.9 Å². The van der Waals surface area contributed by atoms with Crippen LogP contribution in [-0.2, 0) is 9.53 Å². The van der Waals surface area contributed by atoms with E-state index in [4.69, 9.17) is 16.3 Å². The minimum Gasteiger partial charge on any atom is -0.462 e. The molecule has 1 heterocycles. The Morgan fingerprint density at radius 1 is 1.13 bits per heavy atom. The third-order valence-corrected chi connectivity index (χ3v) is 7.03. The van der Waals surface area contributed by atoms with E-state index in [1.54, 1.807) is 19.1 Å². The number of amides is 1. The van der Waals surface area contributed by atoms with Crippen molar-refractivity contribution < 1.29 is 37.4 Å². The highest BCUT2D eigenvalue weighted by molar-refractivity contribution is 6.31. The van der Waals surface area contributed by atoms with Crippen molar-refractivity contribution in [3.05, 3.63) is 82.4 Å². The monoisotopic (exact) mass is 547 g/mol. The summed E-state index contributed by atoms with van der Waals surface area (Å²) in [5, 5.41) is 13.3. The summed E-state index contributed by atoms with van der Waals surface area (Å²) >= 11 is 5.84. The second kappa shape index (κ2) is 11.9. The fourth-order valence-corrected chi connectivity index (χ4v) is 4.68. The largest absolute Gasteiger partial charge is 0.462 e. The molecule has 0 spiro atoms. The number of ether oxygens (including phenoxy) is 1. The molecule has 2 aromatic carbocycles. The zero-order valence-electron chi connectivity index (χ0n) is 20.6. The standard InChI is InChI=1S/C28H26ClF3N2O4/c1-2-38-28(36)17-6-9-19(10-7-17)33-27(35)21(14-16-4-3-5-16)23-13-8-18(15-34(23)37)24-20(26(31)32)11-12-22(29)25(24)30/h6-13,15-16,21,26H,2-5,14H2,1H3,(H-,33,35,36,37)/p+1/t21-/m1/s1. The summed E-state index contributed by atoms with van der Waals surface area (Å²) < 4.78 is 47.6. The Bertz CT molecular complexity index is 1330. The molecule has 10 heteroatoms. The Morgan fingerprint density at radius 3 is 2.42 bits per heavy atom. The van der Waals surface area contributed by atoms with Gasteiger partial charge < -0.3 is 10.1 Å². The molecule has 1 aliphatic carbocycles. The molecule has 1 atom stereocenters. The van der Waals surface area contributed by atoms with Crippen LogP contribution in [0.1, 0.15) is 66.6 Å². The maximum absolute atomic E-state index is 14.8. The molecule has 38 heavy (non-hydrogen) atoms. The van der Waals surface area contributed by atoms with Crippen molar-refractivity contribution >= 4 is 29.2 Å². The van der Waals surface area contributed by atoms with E-state index < -0.39 is 41.2 Å². The molecule has 6 nitrogen and oxygen atoms in total. The van der Waals surface area contributed by atoms with Crippen molar-refractivity contribution in [3.63, 3.8) is 0 Å². The number of anilines is 1. The van der Waals surface area contributed by atoms with Gasteiger partial charge in [0.25, 0.3) is 6.43 Å². The molecule has 0 bridgehead atoms. The van der Waals surface area contributed by atoms with Crippen LogP contribution in [0.2, 0.25) is 5.02 Å². The Morgan fingerprint density at radius 2 is 1.84 bits per heavy atom. The maximum atomic E-state index is 14.8. The number of carbonyl (C=O) groups excluding carboxylic acids is 2. The number of nitrogens with zero attached hydrogens (tertiary/aromatic N) is 1. The van der Waals surface area contributed by atoms with Crippen LogP contribution in [0.25, 0.3) is 11.1 Å². The van der Waals surface area contributed by atoms with E-state index in [0.29, 0.717) is 22.4 Å². The highest BCUT2D eigenvalue weighted by atomic mass is 35.5. The minimum absolute atomic E-state index is 0.0103. The minimum atomic E-state index is -2.96. The molecule has 0 unspecified atom stereocenters. The van der Waals surface area contributed by atoms with E-state index in [-0.39, 0.29) is 28.8 Å². The number of alkyl halides is 2. The van der Waals surface area contributed by atoms with Crippen LogP contribution in [0, 0.1) is 11.7 Å². The number of aromatic nitrogens is 1. The van der Waals surface area contributed by atoms with Gasteiger partial charge in [-0.15, -0.1) is 0 Å². The molecule has 4 rings (SSSR count). The van der Waals surface area contributed by atoms with Crippen LogP contribution in [-0.4, -0.2) is 23.7 Å². The predicted octanol–water partition coefficient (Wildman–Crippen LogP) is 6.70. The van der Waals surface area contributed by atoms with E-state index in [0.717, 1.165) is 37.6 Å². The zero-order valence-corrected chi connectivity index (χ0v) is 21.4. The molecule has 200 valence electrons. The first-order valence-electron chi connectivity index (χ1n) is 12.3. The number of hydrogen-bond donors (Lipinski definition) is 2. The first-order valence-corrected chi connectivity index (χ1v) is 12.7. The lowest BCUT2D eigenvalue weighted by atomic mass is 9.77. The van der Waals surface area contributed by atoms with E-state index in [9.17, 15) is 28.0 Å². The number of benzene rings is 2. The van der Waals surface area contributed by atoms with Crippen molar-refractivity contribution in [2.24, 2.45) is 5.92 Å². The summed E-state index contributed by atoms with van der Waals surface area (Å²) in [5.41, 5.74) is 0.0332. The highest BCUT2D eigenvalue weighted by Crippen LogP contribution is 2.38. The van der Waals surface area contributed by atoms with Gasteiger partial charge in [-0.3, -0.25) is 10.0 Å². The van der Waals surface area contributed by atoms with Gasteiger partial charge in [-0.05, 0) is 55.7 Å². The van der Waals surface area contributed by atoms with Gasteiger partial charge in [-0.25, -0.2) is 18.0 Å². The molecule has 0 radical (unpaired) electrons. The molecular formula is C28H27ClF3N2O4+. The molecule has 1 aromatic heterocycles. The molecular weight excluding hydrogens is 521 g/mol. The number of pyridine rings is 1. The molecule has 1 aliphatic rings. The van der Waals surface area contributed by atoms with Crippen molar-refractivity contribution in [2.75, 3.05) is 11.9 Å². The Hall–Kier alpha value is -3.59. The van der Waals surface area contributed by atoms with E-state index >= 15 is 0 Å². The van der Waals surface area contributed by atoms with Gasteiger partial charge in [-0.2, -0.15) is 0 Å². The molecule has 1 amide bonds. The average molecular weight is 548 g/mol. The van der Waals surface area contributed by atoms with E-state index in [2.05, 4.69) is 5.32 Å². The summed E-state index contributed by atoms with van der Waals surface area (Å²) in [6.07, 6.45) is 1.55. The van der Waals surface area contributed by atoms with Gasteiger partial charge in [0.15, 0.2) is 0 Å². The summed E-state index contributed by atoms with van der Waals surface area (Å²) in [5.74, 6) is -2.37.